The third-order valence-electron chi connectivity index (χ3n) is 3.32. The fourth-order valence-corrected chi connectivity index (χ4v) is 3.16. The second-order valence-electron chi connectivity index (χ2n) is 4.60. The van der Waals surface area contributed by atoms with Crippen LogP contribution in [0.5, 0.6) is 0 Å². The third-order valence-corrected chi connectivity index (χ3v) is 4.23. The van der Waals surface area contributed by atoms with Crippen LogP contribution in [0.4, 0.5) is 0 Å². The van der Waals surface area contributed by atoms with Gasteiger partial charge in [-0.05, 0) is 50.2 Å². The molecule has 1 aromatic rings. The van der Waals surface area contributed by atoms with Gasteiger partial charge in [0.15, 0.2) is 0 Å². The smallest absolute Gasteiger partial charge is 0.0772 e. The van der Waals surface area contributed by atoms with E-state index < -0.39 is 0 Å². The first kappa shape index (κ1) is 12.9. The Kier molecular flexibility index (Phi) is 4.88. The minimum Gasteiger partial charge on any atom is -0.381 e. The lowest BCUT2D eigenvalue weighted by molar-refractivity contribution is 0.0539. The number of nitrogens with zero attached hydrogens (tertiary/aromatic N) is 2. The average Bonchev–Trinajstić information content (AvgIpc) is 2.78. The van der Waals surface area contributed by atoms with E-state index in [1.54, 1.807) is 0 Å². The normalized spacial score (nSPS) is 19.4. The van der Waals surface area contributed by atoms with Crippen molar-refractivity contribution in [2.75, 3.05) is 19.8 Å². The van der Waals surface area contributed by atoms with Gasteiger partial charge in [-0.15, -0.1) is 5.10 Å². The highest BCUT2D eigenvalue weighted by molar-refractivity contribution is 7.05. The van der Waals surface area contributed by atoms with Crippen LogP contribution in [-0.4, -0.2) is 29.3 Å². The van der Waals surface area contributed by atoms with E-state index in [9.17, 15) is 0 Å². The Bertz CT molecular complexity index is 336. The van der Waals surface area contributed by atoms with Crippen LogP contribution in [0.3, 0.4) is 0 Å². The highest BCUT2D eigenvalue weighted by Gasteiger charge is 2.27. The minimum absolute atomic E-state index is 0.416. The summed E-state index contributed by atoms with van der Waals surface area (Å²) in [6.07, 6.45) is 3.43. The Morgan fingerprint density at radius 3 is 2.82 bits per heavy atom. The SMILES string of the molecule is CCCNC(c1snnc1C)C1CCOCC1. The van der Waals surface area contributed by atoms with E-state index in [1.807, 2.05) is 0 Å². The Balaban J connectivity index is 2.09. The quantitative estimate of drug-likeness (QED) is 0.877. The van der Waals surface area contributed by atoms with Gasteiger partial charge in [0.25, 0.3) is 0 Å². The topological polar surface area (TPSA) is 47.0 Å². The zero-order valence-corrected chi connectivity index (χ0v) is 11.4. The van der Waals surface area contributed by atoms with Crippen LogP contribution in [0.15, 0.2) is 0 Å². The second kappa shape index (κ2) is 6.42. The summed E-state index contributed by atoms with van der Waals surface area (Å²) in [7, 11) is 0. The molecule has 1 atom stereocenters. The molecule has 0 aliphatic carbocycles. The van der Waals surface area contributed by atoms with E-state index in [0.29, 0.717) is 12.0 Å². The second-order valence-corrected chi connectivity index (χ2v) is 5.39. The maximum Gasteiger partial charge on any atom is 0.0772 e. The molecule has 1 aliphatic rings. The van der Waals surface area contributed by atoms with E-state index in [2.05, 4.69) is 28.8 Å². The lowest BCUT2D eigenvalue weighted by Gasteiger charge is -2.30. The van der Waals surface area contributed by atoms with Gasteiger partial charge < -0.3 is 10.1 Å². The number of rotatable bonds is 5. The average molecular weight is 255 g/mol. The van der Waals surface area contributed by atoms with Crippen molar-refractivity contribution in [2.45, 2.75) is 39.2 Å². The van der Waals surface area contributed by atoms with Gasteiger partial charge in [0.1, 0.15) is 0 Å². The van der Waals surface area contributed by atoms with Gasteiger partial charge in [-0.3, -0.25) is 0 Å². The molecule has 5 heteroatoms. The molecular weight excluding hydrogens is 234 g/mol. The highest BCUT2D eigenvalue weighted by atomic mass is 32.1. The predicted molar refractivity (Wildman–Crippen MR) is 69.2 cm³/mol. The van der Waals surface area contributed by atoms with E-state index in [4.69, 9.17) is 4.74 Å². The molecule has 0 amide bonds. The fourth-order valence-electron chi connectivity index (χ4n) is 2.35. The van der Waals surface area contributed by atoms with Crippen molar-refractivity contribution in [1.29, 1.82) is 0 Å². The standard InChI is InChI=1S/C12H21N3OS/c1-3-6-13-11(10-4-7-16-8-5-10)12-9(2)14-15-17-12/h10-11,13H,3-8H2,1-2H3. The van der Waals surface area contributed by atoms with Crippen LogP contribution < -0.4 is 5.32 Å². The summed E-state index contributed by atoms with van der Waals surface area (Å²) in [4.78, 5) is 1.31. The molecule has 2 heterocycles. The van der Waals surface area contributed by atoms with Crippen LogP contribution in [0.2, 0.25) is 0 Å². The van der Waals surface area contributed by atoms with Crippen LogP contribution >= 0.6 is 11.5 Å². The Labute approximate surface area is 107 Å². The number of nitrogens with one attached hydrogen (secondary N) is 1. The van der Waals surface area contributed by atoms with Gasteiger partial charge in [0, 0.05) is 19.3 Å². The molecule has 2 rings (SSSR count). The third kappa shape index (κ3) is 3.24. The first-order chi connectivity index (χ1) is 8.33. The molecule has 0 spiro atoms. The van der Waals surface area contributed by atoms with E-state index >= 15 is 0 Å². The molecule has 1 N–H and O–H groups in total. The van der Waals surface area contributed by atoms with Crippen molar-refractivity contribution in [3.8, 4) is 0 Å². The monoisotopic (exact) mass is 255 g/mol. The Hall–Kier alpha value is -0.520. The first-order valence-corrected chi connectivity index (χ1v) is 7.20. The molecule has 17 heavy (non-hydrogen) atoms. The van der Waals surface area contributed by atoms with E-state index in [0.717, 1.165) is 44.7 Å². The summed E-state index contributed by atoms with van der Waals surface area (Å²) in [5.74, 6) is 0.663. The van der Waals surface area contributed by atoms with Gasteiger partial charge in [0.05, 0.1) is 10.6 Å². The highest BCUT2D eigenvalue weighted by Crippen LogP contribution is 2.32. The van der Waals surface area contributed by atoms with Gasteiger partial charge in [0.2, 0.25) is 0 Å². The molecule has 1 aromatic heterocycles. The molecule has 0 aromatic carbocycles. The fraction of sp³-hybridized carbons (Fsp3) is 0.833. The molecule has 0 radical (unpaired) electrons. The summed E-state index contributed by atoms with van der Waals surface area (Å²) >= 11 is 1.54. The Morgan fingerprint density at radius 2 is 2.24 bits per heavy atom. The maximum atomic E-state index is 5.45. The van der Waals surface area contributed by atoms with Gasteiger partial charge in [-0.2, -0.15) is 0 Å². The van der Waals surface area contributed by atoms with Crippen LogP contribution in [0.1, 0.15) is 42.8 Å². The lowest BCUT2D eigenvalue weighted by atomic mass is 9.90. The van der Waals surface area contributed by atoms with Crippen LogP contribution in [-0.2, 0) is 4.74 Å². The first-order valence-electron chi connectivity index (χ1n) is 6.43. The number of hydrogen-bond donors (Lipinski definition) is 1. The molecule has 1 aliphatic heterocycles. The molecule has 96 valence electrons. The van der Waals surface area contributed by atoms with Crippen molar-refractivity contribution >= 4 is 11.5 Å². The van der Waals surface area contributed by atoms with Gasteiger partial charge >= 0.3 is 0 Å². The molecule has 0 bridgehead atoms. The number of ether oxygens (including phenoxy) is 1. The lowest BCUT2D eigenvalue weighted by Crippen LogP contribution is -2.32. The zero-order chi connectivity index (χ0) is 12.1. The molecular formula is C12H21N3OS. The summed E-state index contributed by atoms with van der Waals surface area (Å²) < 4.78 is 9.51. The summed E-state index contributed by atoms with van der Waals surface area (Å²) in [6, 6.07) is 0.416. The minimum atomic E-state index is 0.416. The number of aromatic nitrogens is 2. The van der Waals surface area contributed by atoms with Crippen LogP contribution in [0, 0.1) is 12.8 Å². The number of aryl methyl sites for hydroxylation is 1. The Morgan fingerprint density at radius 1 is 1.47 bits per heavy atom. The molecule has 0 saturated carbocycles. The van der Waals surface area contributed by atoms with Gasteiger partial charge in [-0.1, -0.05) is 11.4 Å². The zero-order valence-electron chi connectivity index (χ0n) is 10.6. The van der Waals surface area contributed by atoms with Crippen molar-refractivity contribution < 1.29 is 4.74 Å². The van der Waals surface area contributed by atoms with E-state index in [-0.39, 0.29) is 0 Å². The van der Waals surface area contributed by atoms with Crippen LogP contribution in [0.25, 0.3) is 0 Å². The van der Waals surface area contributed by atoms with Crippen molar-refractivity contribution in [3.05, 3.63) is 10.6 Å². The maximum absolute atomic E-state index is 5.45. The summed E-state index contributed by atoms with van der Waals surface area (Å²) in [5, 5.41) is 7.79. The van der Waals surface area contributed by atoms with Crippen molar-refractivity contribution in [1.82, 2.24) is 14.9 Å². The van der Waals surface area contributed by atoms with E-state index in [1.165, 1.54) is 16.4 Å². The predicted octanol–water partition coefficient (Wildman–Crippen LogP) is 2.31. The van der Waals surface area contributed by atoms with Gasteiger partial charge in [-0.25, -0.2) is 0 Å². The molecule has 1 saturated heterocycles. The van der Waals surface area contributed by atoms with Crippen molar-refractivity contribution in [3.63, 3.8) is 0 Å². The summed E-state index contributed by atoms with van der Waals surface area (Å²) in [5.41, 5.74) is 1.08. The molecule has 1 fully saturated rings. The van der Waals surface area contributed by atoms with Crippen molar-refractivity contribution in [2.24, 2.45) is 5.92 Å². The summed E-state index contributed by atoms with van der Waals surface area (Å²) in [6.45, 7) is 7.09. The molecule has 1 unspecified atom stereocenters. The number of hydrogen-bond acceptors (Lipinski definition) is 5. The molecule has 4 nitrogen and oxygen atoms in total. The largest absolute Gasteiger partial charge is 0.381 e.